The summed E-state index contributed by atoms with van der Waals surface area (Å²) in [5, 5.41) is 15.1. The normalized spacial score (nSPS) is 12.9. The number of carbonyl (C=O) groups excluding carboxylic acids is 1. The fourth-order valence-corrected chi connectivity index (χ4v) is 2.70. The fourth-order valence-electron chi connectivity index (χ4n) is 2.44. The van der Waals surface area contributed by atoms with E-state index in [0.29, 0.717) is 11.3 Å². The second kappa shape index (κ2) is 8.62. The maximum absolute atomic E-state index is 12.4. The number of halogens is 1. The Hall–Kier alpha value is -2.16. The van der Waals surface area contributed by atoms with Gasteiger partial charge in [0, 0.05) is 16.2 Å². The zero-order valence-corrected chi connectivity index (χ0v) is 15.3. The van der Waals surface area contributed by atoms with Crippen molar-refractivity contribution in [3.05, 3.63) is 64.1 Å². The van der Waals surface area contributed by atoms with Crippen LogP contribution in [0.5, 0.6) is 0 Å². The van der Waals surface area contributed by atoms with Crippen molar-refractivity contribution < 1.29 is 4.79 Å². The standard InChI is InChI=1S/C19H20BrN3O/c1-3-18(15-7-9-16(20)10-8-15)22-13(2)19(24)23-17-6-4-5-14(11-17)12-21/h4-11,13,18,22H,3H2,1-2H3,(H,23,24)/t13-,18-/m0/s1. The van der Waals surface area contributed by atoms with Crippen LogP contribution in [0.25, 0.3) is 0 Å². The number of nitrogens with zero attached hydrogens (tertiary/aromatic N) is 1. The predicted molar refractivity (Wildman–Crippen MR) is 99.6 cm³/mol. The lowest BCUT2D eigenvalue weighted by molar-refractivity contribution is -0.118. The van der Waals surface area contributed by atoms with E-state index >= 15 is 0 Å². The highest BCUT2D eigenvalue weighted by atomic mass is 79.9. The van der Waals surface area contributed by atoms with Crippen LogP contribution in [0.1, 0.15) is 37.4 Å². The average molecular weight is 386 g/mol. The molecule has 24 heavy (non-hydrogen) atoms. The van der Waals surface area contributed by atoms with Crippen molar-refractivity contribution in [2.75, 3.05) is 5.32 Å². The van der Waals surface area contributed by atoms with E-state index in [9.17, 15) is 4.79 Å². The third kappa shape index (κ3) is 4.92. The summed E-state index contributed by atoms with van der Waals surface area (Å²) in [6.45, 7) is 3.92. The summed E-state index contributed by atoms with van der Waals surface area (Å²) in [5.41, 5.74) is 2.30. The summed E-state index contributed by atoms with van der Waals surface area (Å²) >= 11 is 3.43. The molecule has 124 valence electrons. The highest BCUT2D eigenvalue weighted by Gasteiger charge is 2.18. The van der Waals surface area contributed by atoms with Crippen molar-refractivity contribution in [3.8, 4) is 6.07 Å². The first-order valence-electron chi connectivity index (χ1n) is 7.86. The highest BCUT2D eigenvalue weighted by Crippen LogP contribution is 2.20. The Morgan fingerprint density at radius 1 is 1.25 bits per heavy atom. The summed E-state index contributed by atoms with van der Waals surface area (Å²) in [7, 11) is 0. The van der Waals surface area contributed by atoms with Gasteiger partial charge in [0.25, 0.3) is 0 Å². The van der Waals surface area contributed by atoms with Crippen molar-refractivity contribution in [2.24, 2.45) is 0 Å². The lowest BCUT2D eigenvalue weighted by Crippen LogP contribution is -2.40. The second-order valence-corrected chi connectivity index (χ2v) is 6.50. The molecular weight excluding hydrogens is 366 g/mol. The number of hydrogen-bond acceptors (Lipinski definition) is 3. The second-order valence-electron chi connectivity index (χ2n) is 5.58. The van der Waals surface area contributed by atoms with Gasteiger partial charge in [0.2, 0.25) is 5.91 Å². The molecule has 0 aliphatic rings. The molecule has 2 atom stereocenters. The summed E-state index contributed by atoms with van der Waals surface area (Å²) < 4.78 is 1.03. The predicted octanol–water partition coefficient (Wildman–Crippen LogP) is 4.39. The van der Waals surface area contributed by atoms with Crippen LogP contribution in [0.2, 0.25) is 0 Å². The molecule has 0 unspecified atom stereocenters. The van der Waals surface area contributed by atoms with E-state index in [1.807, 2.05) is 31.2 Å². The quantitative estimate of drug-likeness (QED) is 0.774. The molecule has 2 aromatic rings. The van der Waals surface area contributed by atoms with E-state index < -0.39 is 0 Å². The van der Waals surface area contributed by atoms with Gasteiger partial charge in [0.05, 0.1) is 17.7 Å². The van der Waals surface area contributed by atoms with Gasteiger partial charge in [-0.25, -0.2) is 0 Å². The van der Waals surface area contributed by atoms with E-state index in [1.54, 1.807) is 24.3 Å². The van der Waals surface area contributed by atoms with Crippen LogP contribution in [0.15, 0.2) is 53.0 Å². The molecule has 0 aliphatic heterocycles. The summed E-state index contributed by atoms with van der Waals surface area (Å²) in [6.07, 6.45) is 0.878. The third-order valence-corrected chi connectivity index (χ3v) is 4.31. The molecule has 0 radical (unpaired) electrons. The molecule has 0 aliphatic carbocycles. The maximum Gasteiger partial charge on any atom is 0.241 e. The van der Waals surface area contributed by atoms with Crippen molar-refractivity contribution in [1.29, 1.82) is 5.26 Å². The van der Waals surface area contributed by atoms with Gasteiger partial charge < -0.3 is 5.32 Å². The van der Waals surface area contributed by atoms with Crippen LogP contribution in [0.3, 0.4) is 0 Å². The van der Waals surface area contributed by atoms with Gasteiger partial charge in [-0.1, -0.05) is 41.1 Å². The Labute approximate surface area is 151 Å². The number of carbonyl (C=O) groups is 1. The molecule has 2 aromatic carbocycles. The van der Waals surface area contributed by atoms with Gasteiger partial charge in [0.1, 0.15) is 0 Å². The Balaban J connectivity index is 2.01. The van der Waals surface area contributed by atoms with Crippen LogP contribution >= 0.6 is 15.9 Å². The minimum absolute atomic E-state index is 0.101. The summed E-state index contributed by atoms with van der Waals surface area (Å²) in [4.78, 5) is 12.4. The van der Waals surface area contributed by atoms with Crippen molar-refractivity contribution in [1.82, 2.24) is 5.32 Å². The molecule has 0 fully saturated rings. The lowest BCUT2D eigenvalue weighted by atomic mass is 10.0. The third-order valence-electron chi connectivity index (χ3n) is 3.78. The van der Waals surface area contributed by atoms with Crippen molar-refractivity contribution in [2.45, 2.75) is 32.4 Å². The van der Waals surface area contributed by atoms with E-state index in [1.165, 1.54) is 0 Å². The number of benzene rings is 2. The zero-order valence-electron chi connectivity index (χ0n) is 13.7. The van der Waals surface area contributed by atoms with Gasteiger partial charge in [-0.3, -0.25) is 10.1 Å². The van der Waals surface area contributed by atoms with Crippen LogP contribution in [-0.2, 0) is 4.79 Å². The van der Waals surface area contributed by atoms with Gasteiger partial charge in [-0.2, -0.15) is 5.26 Å². The first-order chi connectivity index (χ1) is 11.5. The average Bonchev–Trinajstić information content (AvgIpc) is 2.60. The van der Waals surface area contributed by atoms with Crippen LogP contribution in [0, 0.1) is 11.3 Å². The molecule has 0 saturated carbocycles. The minimum Gasteiger partial charge on any atom is -0.325 e. The summed E-state index contributed by atoms with van der Waals surface area (Å²) in [6, 6.07) is 16.8. The zero-order chi connectivity index (χ0) is 17.5. The molecular formula is C19H20BrN3O. The molecule has 2 N–H and O–H groups in total. The molecule has 0 heterocycles. The van der Waals surface area contributed by atoms with Crippen LogP contribution in [0.4, 0.5) is 5.69 Å². The molecule has 2 rings (SSSR count). The van der Waals surface area contributed by atoms with Crippen molar-refractivity contribution >= 4 is 27.5 Å². The van der Waals surface area contributed by atoms with E-state index in [2.05, 4.69) is 39.6 Å². The number of anilines is 1. The Morgan fingerprint density at radius 2 is 1.96 bits per heavy atom. The first kappa shape index (κ1) is 18.2. The SMILES string of the molecule is CC[C@H](N[C@@H](C)C(=O)Nc1cccc(C#N)c1)c1ccc(Br)cc1. The van der Waals surface area contributed by atoms with E-state index in [0.717, 1.165) is 16.5 Å². The molecule has 5 heteroatoms. The number of rotatable bonds is 6. The molecule has 4 nitrogen and oxygen atoms in total. The van der Waals surface area contributed by atoms with E-state index in [-0.39, 0.29) is 18.0 Å². The van der Waals surface area contributed by atoms with Gasteiger partial charge in [-0.15, -0.1) is 0 Å². The first-order valence-corrected chi connectivity index (χ1v) is 8.65. The van der Waals surface area contributed by atoms with E-state index in [4.69, 9.17) is 5.26 Å². The van der Waals surface area contributed by atoms with Crippen molar-refractivity contribution in [3.63, 3.8) is 0 Å². The molecule has 0 aromatic heterocycles. The monoisotopic (exact) mass is 385 g/mol. The van der Waals surface area contributed by atoms with Crippen LogP contribution < -0.4 is 10.6 Å². The van der Waals surface area contributed by atoms with Gasteiger partial charge in [0.15, 0.2) is 0 Å². The number of nitriles is 1. The Kier molecular flexibility index (Phi) is 6.53. The van der Waals surface area contributed by atoms with Gasteiger partial charge >= 0.3 is 0 Å². The largest absolute Gasteiger partial charge is 0.325 e. The summed E-state index contributed by atoms with van der Waals surface area (Å²) in [5.74, 6) is -0.124. The Morgan fingerprint density at radius 3 is 2.58 bits per heavy atom. The molecule has 0 bridgehead atoms. The topological polar surface area (TPSA) is 64.9 Å². The van der Waals surface area contributed by atoms with Crippen LogP contribution in [-0.4, -0.2) is 11.9 Å². The maximum atomic E-state index is 12.4. The molecule has 0 spiro atoms. The lowest BCUT2D eigenvalue weighted by Gasteiger charge is -2.22. The highest BCUT2D eigenvalue weighted by molar-refractivity contribution is 9.10. The number of nitrogens with one attached hydrogen (secondary N) is 2. The minimum atomic E-state index is -0.357. The number of hydrogen-bond donors (Lipinski definition) is 2. The fraction of sp³-hybridized carbons (Fsp3) is 0.263. The smallest absolute Gasteiger partial charge is 0.241 e. The number of amides is 1. The molecule has 0 saturated heterocycles. The van der Waals surface area contributed by atoms with Gasteiger partial charge in [-0.05, 0) is 49.2 Å². The Bertz CT molecular complexity index is 737. The molecule has 1 amide bonds.